The molecule has 0 amide bonds. The minimum absolute atomic E-state index is 0.0687. The number of benzene rings is 1. The largest absolute Gasteiger partial charge is 0.495 e. The molecule has 0 atom stereocenters. The summed E-state index contributed by atoms with van der Waals surface area (Å²) in [6.45, 7) is 1.56. The van der Waals surface area contributed by atoms with E-state index in [0.29, 0.717) is 6.42 Å². The lowest BCUT2D eigenvalue weighted by Gasteiger charge is -2.25. The zero-order valence-corrected chi connectivity index (χ0v) is 8.82. The number of fused-ring (bicyclic) bond motifs is 1. The molecule has 0 aromatic heterocycles. The minimum atomic E-state index is 0.0687. The standard InChI is InChI=1S/C12H13NO2/c1-8(14)9-3-5-11-10(7-9)4-6-12(15)13(11)2/h3,5-7,15H,4H2,1-2H3. The average Bonchev–Trinajstić information content (AvgIpc) is 2.23. The van der Waals surface area contributed by atoms with Gasteiger partial charge in [-0.3, -0.25) is 4.79 Å². The molecule has 0 radical (unpaired) electrons. The number of nitrogens with zero attached hydrogens (tertiary/aromatic N) is 1. The Kier molecular flexibility index (Phi) is 2.23. The summed E-state index contributed by atoms with van der Waals surface area (Å²) < 4.78 is 0. The molecule has 0 aliphatic carbocycles. The fourth-order valence-electron chi connectivity index (χ4n) is 1.76. The summed E-state index contributed by atoms with van der Waals surface area (Å²) >= 11 is 0. The highest BCUT2D eigenvalue weighted by molar-refractivity contribution is 5.94. The lowest BCUT2D eigenvalue weighted by molar-refractivity contribution is 0.101. The second kappa shape index (κ2) is 3.42. The maximum atomic E-state index is 11.2. The number of allylic oxidation sites excluding steroid dienone is 1. The van der Waals surface area contributed by atoms with E-state index in [9.17, 15) is 9.90 Å². The van der Waals surface area contributed by atoms with Crippen LogP contribution in [0, 0.1) is 0 Å². The minimum Gasteiger partial charge on any atom is -0.495 e. The maximum Gasteiger partial charge on any atom is 0.187 e. The third-order valence-corrected chi connectivity index (χ3v) is 2.70. The zero-order valence-electron chi connectivity index (χ0n) is 8.82. The van der Waals surface area contributed by atoms with Crippen molar-refractivity contribution in [2.75, 3.05) is 11.9 Å². The molecule has 1 aliphatic rings. The number of carbonyl (C=O) groups excluding carboxylic acids is 1. The molecule has 1 aromatic carbocycles. The first-order valence-corrected chi connectivity index (χ1v) is 4.86. The van der Waals surface area contributed by atoms with Crippen molar-refractivity contribution in [1.29, 1.82) is 0 Å². The van der Waals surface area contributed by atoms with Gasteiger partial charge in [0.15, 0.2) is 11.7 Å². The summed E-state index contributed by atoms with van der Waals surface area (Å²) in [4.78, 5) is 12.9. The van der Waals surface area contributed by atoms with Crippen LogP contribution in [0.4, 0.5) is 5.69 Å². The number of aliphatic hydroxyl groups excluding tert-OH is 1. The molecule has 0 unspecified atom stereocenters. The topological polar surface area (TPSA) is 40.5 Å². The third kappa shape index (κ3) is 1.61. The summed E-state index contributed by atoms with van der Waals surface area (Å²) in [7, 11) is 1.80. The van der Waals surface area contributed by atoms with Gasteiger partial charge in [-0.2, -0.15) is 0 Å². The summed E-state index contributed by atoms with van der Waals surface area (Å²) in [6, 6.07) is 5.54. The zero-order chi connectivity index (χ0) is 11.0. The normalized spacial score (nSPS) is 14.5. The first-order chi connectivity index (χ1) is 7.09. The van der Waals surface area contributed by atoms with Gasteiger partial charge in [-0.1, -0.05) is 0 Å². The highest BCUT2D eigenvalue weighted by Gasteiger charge is 2.16. The predicted octanol–water partition coefficient (Wildman–Crippen LogP) is 2.28. The number of ketones is 1. The molecule has 2 rings (SSSR count). The number of hydrogen-bond donors (Lipinski definition) is 1. The van der Waals surface area contributed by atoms with Crippen LogP contribution in [-0.4, -0.2) is 17.9 Å². The molecule has 0 fully saturated rings. The Morgan fingerprint density at radius 2 is 2.20 bits per heavy atom. The number of Topliss-reactive ketones (excluding diaryl/α,β-unsaturated/α-hetero) is 1. The quantitative estimate of drug-likeness (QED) is 0.712. The van der Waals surface area contributed by atoms with E-state index in [1.165, 1.54) is 0 Å². The molecule has 15 heavy (non-hydrogen) atoms. The van der Waals surface area contributed by atoms with Crippen molar-refractivity contribution in [2.45, 2.75) is 13.3 Å². The van der Waals surface area contributed by atoms with Crippen LogP contribution >= 0.6 is 0 Å². The average molecular weight is 203 g/mol. The number of carbonyl (C=O) groups is 1. The van der Waals surface area contributed by atoms with E-state index in [0.717, 1.165) is 16.8 Å². The molecule has 0 saturated heterocycles. The molecule has 0 saturated carbocycles. The van der Waals surface area contributed by atoms with Gasteiger partial charge in [-0.15, -0.1) is 0 Å². The molecule has 3 nitrogen and oxygen atoms in total. The summed E-state index contributed by atoms with van der Waals surface area (Å²) in [5.74, 6) is 0.331. The van der Waals surface area contributed by atoms with Gasteiger partial charge < -0.3 is 10.0 Å². The van der Waals surface area contributed by atoms with Crippen LogP contribution in [0.25, 0.3) is 0 Å². The Morgan fingerprint density at radius 1 is 1.47 bits per heavy atom. The molecule has 1 N–H and O–H groups in total. The van der Waals surface area contributed by atoms with Gasteiger partial charge >= 0.3 is 0 Å². The lowest BCUT2D eigenvalue weighted by Crippen LogP contribution is -2.21. The van der Waals surface area contributed by atoms with Crippen LogP contribution in [0.15, 0.2) is 30.2 Å². The van der Waals surface area contributed by atoms with Gasteiger partial charge in [0.1, 0.15) is 0 Å². The van der Waals surface area contributed by atoms with Gasteiger partial charge in [0.05, 0.1) is 0 Å². The van der Waals surface area contributed by atoms with E-state index >= 15 is 0 Å². The van der Waals surface area contributed by atoms with E-state index in [-0.39, 0.29) is 11.7 Å². The Morgan fingerprint density at radius 3 is 2.87 bits per heavy atom. The van der Waals surface area contributed by atoms with Crippen molar-refractivity contribution in [1.82, 2.24) is 0 Å². The molecule has 0 spiro atoms. The number of hydrogen-bond acceptors (Lipinski definition) is 3. The molecular formula is C12H13NO2. The lowest BCUT2D eigenvalue weighted by atomic mass is 10.0. The molecule has 1 heterocycles. The van der Waals surface area contributed by atoms with Crippen LogP contribution in [0.2, 0.25) is 0 Å². The van der Waals surface area contributed by atoms with Crippen molar-refractivity contribution >= 4 is 11.5 Å². The van der Waals surface area contributed by atoms with E-state index in [4.69, 9.17) is 0 Å². The molecular weight excluding hydrogens is 190 g/mol. The number of anilines is 1. The third-order valence-electron chi connectivity index (χ3n) is 2.70. The van der Waals surface area contributed by atoms with Gasteiger partial charge in [0.25, 0.3) is 0 Å². The van der Waals surface area contributed by atoms with Gasteiger partial charge in [-0.05, 0) is 43.2 Å². The fourth-order valence-corrected chi connectivity index (χ4v) is 1.76. The van der Waals surface area contributed by atoms with Crippen LogP contribution in [0.3, 0.4) is 0 Å². The molecule has 3 heteroatoms. The van der Waals surface area contributed by atoms with Crippen molar-refractivity contribution < 1.29 is 9.90 Å². The van der Waals surface area contributed by atoms with Crippen molar-refractivity contribution in [3.8, 4) is 0 Å². The predicted molar refractivity (Wildman–Crippen MR) is 59.3 cm³/mol. The van der Waals surface area contributed by atoms with E-state index in [1.54, 1.807) is 31.0 Å². The first kappa shape index (κ1) is 9.77. The van der Waals surface area contributed by atoms with Crippen LogP contribution < -0.4 is 4.90 Å². The molecule has 1 aliphatic heterocycles. The number of rotatable bonds is 1. The Bertz CT molecular complexity index is 449. The van der Waals surface area contributed by atoms with E-state index in [2.05, 4.69) is 0 Å². The fraction of sp³-hybridized carbons (Fsp3) is 0.250. The Hall–Kier alpha value is -1.77. The maximum absolute atomic E-state index is 11.2. The van der Waals surface area contributed by atoms with E-state index < -0.39 is 0 Å². The highest BCUT2D eigenvalue weighted by Crippen LogP contribution is 2.28. The molecule has 1 aromatic rings. The van der Waals surface area contributed by atoms with Gasteiger partial charge in [0.2, 0.25) is 0 Å². The first-order valence-electron chi connectivity index (χ1n) is 4.86. The van der Waals surface area contributed by atoms with Crippen LogP contribution in [-0.2, 0) is 6.42 Å². The number of aliphatic hydroxyl groups is 1. The Balaban J connectivity index is 2.47. The Labute approximate surface area is 88.6 Å². The SMILES string of the molecule is CC(=O)c1ccc2c(c1)CC=C(O)N2C. The summed E-state index contributed by atoms with van der Waals surface area (Å²) in [6.07, 6.45) is 2.42. The van der Waals surface area contributed by atoms with Crippen LogP contribution in [0.5, 0.6) is 0 Å². The molecule has 78 valence electrons. The van der Waals surface area contributed by atoms with Crippen LogP contribution in [0.1, 0.15) is 22.8 Å². The summed E-state index contributed by atoms with van der Waals surface area (Å²) in [5, 5.41) is 9.52. The second-order valence-electron chi connectivity index (χ2n) is 3.73. The van der Waals surface area contributed by atoms with E-state index in [1.807, 2.05) is 12.1 Å². The van der Waals surface area contributed by atoms with Crippen molar-refractivity contribution in [3.05, 3.63) is 41.3 Å². The smallest absolute Gasteiger partial charge is 0.187 e. The second-order valence-corrected chi connectivity index (χ2v) is 3.73. The van der Waals surface area contributed by atoms with Crippen molar-refractivity contribution in [3.63, 3.8) is 0 Å². The highest BCUT2D eigenvalue weighted by atomic mass is 16.3. The monoisotopic (exact) mass is 203 g/mol. The van der Waals surface area contributed by atoms with Gasteiger partial charge in [-0.25, -0.2) is 0 Å². The molecule has 0 bridgehead atoms. The van der Waals surface area contributed by atoms with Crippen molar-refractivity contribution in [2.24, 2.45) is 0 Å². The summed E-state index contributed by atoms with van der Waals surface area (Å²) in [5.41, 5.74) is 2.75. The van der Waals surface area contributed by atoms with Gasteiger partial charge in [0, 0.05) is 18.3 Å².